The predicted octanol–water partition coefficient (Wildman–Crippen LogP) is 4.67. The van der Waals surface area contributed by atoms with Gasteiger partial charge in [0.05, 0.1) is 5.56 Å². The van der Waals surface area contributed by atoms with Crippen molar-refractivity contribution in [3.63, 3.8) is 0 Å². The second kappa shape index (κ2) is 12.0. The third-order valence-corrected chi connectivity index (χ3v) is 8.61. The van der Waals surface area contributed by atoms with Gasteiger partial charge in [0, 0.05) is 49.9 Å². The number of piperidine rings is 2. The van der Waals surface area contributed by atoms with Crippen LogP contribution in [0.15, 0.2) is 54.7 Å². The zero-order chi connectivity index (χ0) is 31.0. The van der Waals surface area contributed by atoms with Crippen LogP contribution in [-0.4, -0.2) is 53.3 Å². The Hall–Kier alpha value is -4.32. The number of aromatic nitrogens is 1. The summed E-state index contributed by atoms with van der Waals surface area (Å²) in [7, 11) is 0. The Balaban J connectivity index is 0.993. The summed E-state index contributed by atoms with van der Waals surface area (Å²) in [5, 5.41) is 5.79. The van der Waals surface area contributed by atoms with Crippen molar-refractivity contribution >= 4 is 23.5 Å². The molecule has 2 saturated heterocycles. The number of nitrogens with one attached hydrogen (secondary N) is 2. The number of rotatable bonds is 7. The summed E-state index contributed by atoms with van der Waals surface area (Å²) in [4.78, 5) is 44.3. The fraction of sp³-hybridized carbons (Fsp3) is 0.375. The van der Waals surface area contributed by atoms with Crippen LogP contribution in [0, 0.1) is 11.7 Å². The van der Waals surface area contributed by atoms with Crippen molar-refractivity contribution in [1.29, 1.82) is 0 Å². The van der Waals surface area contributed by atoms with E-state index in [2.05, 4.69) is 15.6 Å². The van der Waals surface area contributed by atoms with Crippen LogP contribution in [-0.2, 0) is 28.9 Å². The van der Waals surface area contributed by atoms with E-state index < -0.39 is 29.5 Å². The summed E-state index contributed by atoms with van der Waals surface area (Å²) < 4.78 is 54.3. The molecule has 1 aromatic heterocycles. The van der Waals surface area contributed by atoms with Crippen molar-refractivity contribution in [3.05, 3.63) is 82.8 Å². The number of hydrogen-bond acceptors (Lipinski definition) is 6. The fourth-order valence-corrected chi connectivity index (χ4v) is 6.20. The summed E-state index contributed by atoms with van der Waals surface area (Å²) in [5.74, 6) is -0.936. The number of carbonyl (C=O) groups is 3. The van der Waals surface area contributed by atoms with Gasteiger partial charge in [-0.25, -0.2) is 9.37 Å². The molecule has 6 rings (SSSR count). The number of hydrogen-bond donors (Lipinski definition) is 2. The lowest BCUT2D eigenvalue weighted by atomic mass is 9.96. The number of amides is 3. The number of halogens is 4. The van der Waals surface area contributed by atoms with Crippen LogP contribution in [0.4, 0.5) is 23.4 Å². The first-order valence-corrected chi connectivity index (χ1v) is 14.6. The average molecular weight is 610 g/mol. The molecule has 0 radical (unpaired) electrons. The van der Waals surface area contributed by atoms with Gasteiger partial charge in [0.15, 0.2) is 11.6 Å². The highest BCUT2D eigenvalue weighted by atomic mass is 19.4. The molecule has 3 aliphatic rings. The minimum atomic E-state index is -4.48. The van der Waals surface area contributed by atoms with Gasteiger partial charge in [-0.15, -0.1) is 0 Å². The molecule has 0 spiro atoms. The number of pyridine rings is 1. The number of benzene rings is 2. The number of nitrogens with zero attached hydrogens (tertiary/aromatic N) is 3. The second-order valence-corrected chi connectivity index (χ2v) is 11.6. The van der Waals surface area contributed by atoms with Gasteiger partial charge in [0.1, 0.15) is 6.04 Å². The number of anilines is 1. The van der Waals surface area contributed by atoms with E-state index in [-0.39, 0.29) is 35.2 Å². The summed E-state index contributed by atoms with van der Waals surface area (Å²) in [5.41, 5.74) is 2.21. The Morgan fingerprint density at radius 3 is 2.50 bits per heavy atom. The van der Waals surface area contributed by atoms with Crippen LogP contribution in [0.2, 0.25) is 0 Å². The molecule has 44 heavy (non-hydrogen) atoms. The van der Waals surface area contributed by atoms with E-state index in [0.29, 0.717) is 44.1 Å². The maximum Gasteiger partial charge on any atom is 0.416 e. The molecule has 0 saturated carbocycles. The van der Waals surface area contributed by atoms with E-state index in [1.54, 1.807) is 6.07 Å². The Kier molecular flexibility index (Phi) is 8.10. The fourth-order valence-electron chi connectivity index (χ4n) is 6.20. The Morgan fingerprint density at radius 1 is 0.977 bits per heavy atom. The highest BCUT2D eigenvalue weighted by Crippen LogP contribution is 2.33. The van der Waals surface area contributed by atoms with Crippen molar-refractivity contribution in [1.82, 2.24) is 20.5 Å². The van der Waals surface area contributed by atoms with Crippen LogP contribution >= 0.6 is 0 Å². The molecule has 0 bridgehead atoms. The third kappa shape index (κ3) is 6.17. The molecule has 3 amide bonds. The monoisotopic (exact) mass is 609 g/mol. The van der Waals surface area contributed by atoms with Gasteiger partial charge in [0.2, 0.25) is 11.8 Å². The highest BCUT2D eigenvalue weighted by molar-refractivity contribution is 6.05. The Labute approximate surface area is 251 Å². The molecule has 0 aliphatic carbocycles. The molecule has 2 N–H and O–H groups in total. The van der Waals surface area contributed by atoms with Crippen LogP contribution in [0.3, 0.4) is 0 Å². The topological polar surface area (TPSA) is 94.6 Å². The zero-order valence-corrected chi connectivity index (χ0v) is 23.8. The lowest BCUT2D eigenvalue weighted by molar-refractivity contribution is -0.138. The molecule has 8 nitrogen and oxygen atoms in total. The van der Waals surface area contributed by atoms with Crippen molar-refractivity contribution < 1.29 is 31.9 Å². The highest BCUT2D eigenvalue weighted by Gasteiger charge is 2.39. The van der Waals surface area contributed by atoms with E-state index >= 15 is 4.39 Å². The first-order valence-electron chi connectivity index (χ1n) is 14.6. The van der Waals surface area contributed by atoms with E-state index in [4.69, 9.17) is 0 Å². The van der Waals surface area contributed by atoms with Crippen LogP contribution in [0.25, 0.3) is 11.1 Å². The van der Waals surface area contributed by atoms with Gasteiger partial charge in [0.25, 0.3) is 5.91 Å². The standard InChI is InChI=1S/C32H31F4N5O3/c33-26-14-22(21-2-1-3-24(13-21)32(34,35)36)17-38-29(26)40-10-8-19(9-11-40)15-37-16-20-4-5-25-23(12-20)18-41(31(25)44)27-6-7-28(42)39-30(27)43/h1-5,12-14,17,19,27,37H,6-11,15-16,18H2,(H,39,42,43). The van der Waals surface area contributed by atoms with E-state index in [9.17, 15) is 27.6 Å². The van der Waals surface area contributed by atoms with Crippen LogP contribution < -0.4 is 15.5 Å². The largest absolute Gasteiger partial charge is 0.416 e. The number of fused-ring (bicyclic) bond motifs is 1. The molecule has 2 fully saturated rings. The van der Waals surface area contributed by atoms with Gasteiger partial charge in [-0.05, 0) is 72.7 Å². The van der Waals surface area contributed by atoms with Crippen LogP contribution in [0.5, 0.6) is 0 Å². The maximum atomic E-state index is 15.0. The van der Waals surface area contributed by atoms with Gasteiger partial charge in [-0.1, -0.05) is 24.3 Å². The quantitative estimate of drug-likeness (QED) is 0.299. The molecule has 3 aromatic rings. The van der Waals surface area contributed by atoms with Crippen molar-refractivity contribution in [3.8, 4) is 11.1 Å². The van der Waals surface area contributed by atoms with Gasteiger partial charge >= 0.3 is 6.18 Å². The third-order valence-electron chi connectivity index (χ3n) is 8.61. The van der Waals surface area contributed by atoms with Crippen LogP contribution in [0.1, 0.15) is 52.7 Å². The van der Waals surface area contributed by atoms with E-state index in [1.807, 2.05) is 17.0 Å². The summed E-state index contributed by atoms with van der Waals surface area (Å²) in [6.07, 6.45) is -0.886. The molecule has 12 heteroatoms. The van der Waals surface area contributed by atoms with Gasteiger partial charge in [-0.2, -0.15) is 13.2 Å². The molecular weight excluding hydrogens is 578 g/mol. The lowest BCUT2D eigenvalue weighted by Crippen LogP contribution is -2.52. The van der Waals surface area contributed by atoms with Gasteiger partial charge < -0.3 is 15.1 Å². The molecule has 4 heterocycles. The Bertz CT molecular complexity index is 1600. The molecule has 2 aromatic carbocycles. The average Bonchev–Trinajstić information content (AvgIpc) is 3.32. The SMILES string of the molecule is O=C1CCC(N2Cc3cc(CNCC4CCN(c5ncc(-c6cccc(C(F)(F)F)c6)cc5F)CC4)ccc3C2=O)C(=O)N1. The normalized spacial score (nSPS) is 19.4. The first-order chi connectivity index (χ1) is 21.1. The maximum absolute atomic E-state index is 15.0. The summed E-state index contributed by atoms with van der Waals surface area (Å²) >= 11 is 0. The lowest BCUT2D eigenvalue weighted by Gasteiger charge is -2.33. The van der Waals surface area contributed by atoms with Gasteiger partial charge in [-0.3, -0.25) is 19.7 Å². The van der Waals surface area contributed by atoms with E-state index in [1.165, 1.54) is 29.3 Å². The zero-order valence-electron chi connectivity index (χ0n) is 23.8. The van der Waals surface area contributed by atoms with Crippen molar-refractivity contribution in [2.75, 3.05) is 24.5 Å². The molecule has 3 aliphatic heterocycles. The molecule has 1 atom stereocenters. The molecule has 1 unspecified atom stereocenters. The van der Waals surface area contributed by atoms with E-state index in [0.717, 1.165) is 42.6 Å². The summed E-state index contributed by atoms with van der Waals surface area (Å²) in [6.45, 7) is 2.91. The van der Waals surface area contributed by atoms with Crippen molar-refractivity contribution in [2.45, 2.75) is 51.0 Å². The molecular formula is C32H31F4N5O3. The minimum Gasteiger partial charge on any atom is -0.354 e. The second-order valence-electron chi connectivity index (χ2n) is 11.6. The number of carbonyl (C=O) groups excluding carboxylic acids is 3. The summed E-state index contributed by atoms with van der Waals surface area (Å²) in [6, 6.07) is 11.0. The Morgan fingerprint density at radius 2 is 1.77 bits per heavy atom. The number of alkyl halides is 3. The minimum absolute atomic E-state index is 0.197. The molecule has 230 valence electrons. The smallest absolute Gasteiger partial charge is 0.354 e. The predicted molar refractivity (Wildman–Crippen MR) is 154 cm³/mol. The first kappa shape index (κ1) is 29.7. The van der Waals surface area contributed by atoms with Crippen molar-refractivity contribution in [2.24, 2.45) is 5.92 Å². The number of imide groups is 1.